The van der Waals surface area contributed by atoms with Gasteiger partial charge in [0, 0.05) is 13.0 Å². The number of para-hydroxylation sites is 2. The number of aromatic nitrogens is 3. The summed E-state index contributed by atoms with van der Waals surface area (Å²) in [5.41, 5.74) is 0.694. The molecule has 1 heterocycles. The zero-order chi connectivity index (χ0) is 20.2. The van der Waals surface area contributed by atoms with E-state index in [-0.39, 0.29) is 11.7 Å². The van der Waals surface area contributed by atoms with E-state index in [0.29, 0.717) is 18.0 Å². The van der Waals surface area contributed by atoms with Crippen LogP contribution in [0.1, 0.15) is 58.7 Å². The highest BCUT2D eigenvalue weighted by atomic mass is 32.2. The average Bonchev–Trinajstić information content (AvgIpc) is 3.09. The second kappa shape index (κ2) is 12.4. The zero-order valence-corrected chi connectivity index (χ0v) is 18.1. The molecule has 0 saturated carbocycles. The van der Waals surface area contributed by atoms with Gasteiger partial charge in [-0.15, -0.1) is 10.2 Å². The van der Waals surface area contributed by atoms with E-state index in [2.05, 4.69) is 33.9 Å². The first-order chi connectivity index (χ1) is 13.7. The number of hydrogen-bond donors (Lipinski definition) is 1. The fourth-order valence-electron chi connectivity index (χ4n) is 2.98. The molecule has 2 rings (SSSR count). The first-order valence-electron chi connectivity index (χ1n) is 10.3. The number of carbonyl (C=O) groups is 1. The van der Waals surface area contributed by atoms with Crippen molar-refractivity contribution in [2.75, 3.05) is 17.7 Å². The van der Waals surface area contributed by atoms with Crippen molar-refractivity contribution in [2.24, 2.45) is 0 Å². The Bertz CT molecular complexity index is 733. The van der Waals surface area contributed by atoms with Gasteiger partial charge < -0.3 is 14.6 Å². The van der Waals surface area contributed by atoms with Gasteiger partial charge in [-0.1, -0.05) is 56.5 Å². The summed E-state index contributed by atoms with van der Waals surface area (Å²) in [6, 6.07) is 7.47. The second-order valence-electron chi connectivity index (χ2n) is 6.57. The second-order valence-corrected chi connectivity index (χ2v) is 7.52. The normalized spacial score (nSPS) is 10.8. The van der Waals surface area contributed by atoms with E-state index in [4.69, 9.17) is 4.74 Å². The molecule has 0 aliphatic heterocycles. The average molecular weight is 405 g/mol. The van der Waals surface area contributed by atoms with Crippen LogP contribution in [0.15, 0.2) is 29.4 Å². The largest absolute Gasteiger partial charge is 0.492 e. The molecule has 0 saturated heterocycles. The number of rotatable bonds is 13. The minimum Gasteiger partial charge on any atom is -0.492 e. The van der Waals surface area contributed by atoms with Crippen LogP contribution in [-0.4, -0.2) is 33.0 Å². The van der Waals surface area contributed by atoms with E-state index in [1.807, 2.05) is 31.2 Å². The fourth-order valence-corrected chi connectivity index (χ4v) is 3.80. The number of nitrogens with zero attached hydrogens (tertiary/aromatic N) is 3. The molecule has 0 fully saturated rings. The molecule has 0 atom stereocenters. The summed E-state index contributed by atoms with van der Waals surface area (Å²) >= 11 is 1.42. The molecule has 7 heteroatoms. The van der Waals surface area contributed by atoms with Crippen molar-refractivity contribution in [2.45, 2.75) is 71.0 Å². The topological polar surface area (TPSA) is 69.0 Å². The number of benzene rings is 1. The van der Waals surface area contributed by atoms with E-state index >= 15 is 0 Å². The van der Waals surface area contributed by atoms with Gasteiger partial charge in [0.15, 0.2) is 5.16 Å². The highest BCUT2D eigenvalue weighted by Crippen LogP contribution is 2.24. The van der Waals surface area contributed by atoms with Crippen molar-refractivity contribution < 1.29 is 9.53 Å². The molecule has 0 aliphatic rings. The monoisotopic (exact) mass is 404 g/mol. The van der Waals surface area contributed by atoms with Crippen LogP contribution in [0.25, 0.3) is 0 Å². The van der Waals surface area contributed by atoms with Crippen LogP contribution in [0.4, 0.5) is 5.69 Å². The lowest BCUT2D eigenvalue weighted by Crippen LogP contribution is -2.15. The number of anilines is 1. The maximum absolute atomic E-state index is 12.4. The Labute approximate surface area is 172 Å². The van der Waals surface area contributed by atoms with Crippen molar-refractivity contribution in [1.82, 2.24) is 14.8 Å². The summed E-state index contributed by atoms with van der Waals surface area (Å²) in [5.74, 6) is 1.91. The Kier molecular flexibility index (Phi) is 9.90. The minimum absolute atomic E-state index is 0.0797. The summed E-state index contributed by atoms with van der Waals surface area (Å²) in [4.78, 5) is 12.4. The lowest BCUT2D eigenvalue weighted by Gasteiger charge is -2.11. The number of hydrogen-bond acceptors (Lipinski definition) is 5. The molecule has 0 unspecified atom stereocenters. The summed E-state index contributed by atoms with van der Waals surface area (Å²) in [6.45, 7) is 7.61. The van der Waals surface area contributed by atoms with Gasteiger partial charge in [-0.3, -0.25) is 4.79 Å². The lowest BCUT2D eigenvalue weighted by atomic mass is 10.1. The van der Waals surface area contributed by atoms with Gasteiger partial charge >= 0.3 is 0 Å². The third-order valence-electron chi connectivity index (χ3n) is 4.41. The lowest BCUT2D eigenvalue weighted by molar-refractivity contribution is -0.113. The number of carbonyl (C=O) groups excluding carboxylic acids is 1. The molecular formula is C21H32N4O2S. The first kappa shape index (κ1) is 22.3. The van der Waals surface area contributed by atoms with Crippen LogP contribution in [0.5, 0.6) is 5.75 Å². The van der Waals surface area contributed by atoms with Crippen LogP contribution in [-0.2, 0) is 17.8 Å². The van der Waals surface area contributed by atoms with Crippen LogP contribution >= 0.6 is 11.8 Å². The predicted octanol–water partition coefficient (Wildman–Crippen LogP) is 4.94. The summed E-state index contributed by atoms with van der Waals surface area (Å²) < 4.78 is 7.67. The van der Waals surface area contributed by atoms with Gasteiger partial charge in [0.05, 0.1) is 18.0 Å². The Morgan fingerprint density at radius 2 is 1.89 bits per heavy atom. The van der Waals surface area contributed by atoms with Crippen molar-refractivity contribution in [1.29, 1.82) is 0 Å². The Balaban J connectivity index is 1.87. The molecule has 1 aromatic heterocycles. The molecule has 2 aromatic rings. The van der Waals surface area contributed by atoms with Crippen molar-refractivity contribution >= 4 is 23.4 Å². The number of ether oxygens (including phenoxy) is 1. The van der Waals surface area contributed by atoms with E-state index in [0.717, 1.165) is 30.4 Å². The van der Waals surface area contributed by atoms with Crippen molar-refractivity contribution in [3.05, 3.63) is 30.1 Å². The molecule has 154 valence electrons. The summed E-state index contributed by atoms with van der Waals surface area (Å²) in [6.07, 6.45) is 7.14. The molecule has 1 N–H and O–H groups in total. The first-order valence-corrected chi connectivity index (χ1v) is 11.2. The summed E-state index contributed by atoms with van der Waals surface area (Å²) in [5, 5.41) is 12.4. The smallest absolute Gasteiger partial charge is 0.234 e. The third-order valence-corrected chi connectivity index (χ3v) is 5.37. The molecule has 0 bridgehead atoms. The number of amides is 1. The van der Waals surface area contributed by atoms with E-state index in [9.17, 15) is 4.79 Å². The summed E-state index contributed by atoms with van der Waals surface area (Å²) in [7, 11) is 0. The maximum Gasteiger partial charge on any atom is 0.234 e. The highest BCUT2D eigenvalue weighted by molar-refractivity contribution is 7.99. The quantitative estimate of drug-likeness (QED) is 0.378. The van der Waals surface area contributed by atoms with Gasteiger partial charge in [0.1, 0.15) is 11.6 Å². The Morgan fingerprint density at radius 3 is 2.64 bits per heavy atom. The Hall–Kier alpha value is -2.02. The van der Waals surface area contributed by atoms with E-state index in [1.54, 1.807) is 0 Å². The van der Waals surface area contributed by atoms with Gasteiger partial charge in [0.25, 0.3) is 0 Å². The van der Waals surface area contributed by atoms with Gasteiger partial charge in [-0.25, -0.2) is 0 Å². The minimum atomic E-state index is -0.0797. The van der Waals surface area contributed by atoms with E-state index < -0.39 is 0 Å². The molecule has 0 radical (unpaired) electrons. The molecule has 6 nitrogen and oxygen atoms in total. The third kappa shape index (κ3) is 6.86. The van der Waals surface area contributed by atoms with Gasteiger partial charge in [-0.05, 0) is 32.4 Å². The fraction of sp³-hybridized carbons (Fsp3) is 0.571. The number of unbranched alkanes of at least 4 members (excludes halogenated alkanes) is 4. The van der Waals surface area contributed by atoms with Crippen LogP contribution in [0, 0.1) is 0 Å². The zero-order valence-electron chi connectivity index (χ0n) is 17.2. The molecule has 28 heavy (non-hydrogen) atoms. The van der Waals surface area contributed by atoms with Crippen molar-refractivity contribution in [3.8, 4) is 5.75 Å². The van der Waals surface area contributed by atoms with Gasteiger partial charge in [0.2, 0.25) is 5.91 Å². The van der Waals surface area contributed by atoms with Crippen LogP contribution in [0.3, 0.4) is 0 Å². The van der Waals surface area contributed by atoms with Crippen LogP contribution in [0.2, 0.25) is 0 Å². The molecule has 1 aromatic carbocycles. The molecule has 0 aliphatic carbocycles. The Morgan fingerprint density at radius 1 is 1.11 bits per heavy atom. The predicted molar refractivity (Wildman–Crippen MR) is 115 cm³/mol. The highest BCUT2D eigenvalue weighted by Gasteiger charge is 2.14. The molecular weight excluding hydrogens is 372 g/mol. The molecule has 0 spiro atoms. The molecule has 1 amide bonds. The van der Waals surface area contributed by atoms with Crippen molar-refractivity contribution in [3.63, 3.8) is 0 Å². The van der Waals surface area contributed by atoms with Crippen LogP contribution < -0.4 is 10.1 Å². The number of aryl methyl sites for hydroxylation is 1. The standard InChI is InChI=1S/C21H32N4O2S/c1-4-7-8-9-10-15-19-23-24-21(25(19)5-2)28-16-20(26)22-17-13-11-12-14-18(17)27-6-3/h11-14H,4-10,15-16H2,1-3H3,(H,22,26). The van der Waals surface area contributed by atoms with Gasteiger partial charge in [-0.2, -0.15) is 0 Å². The maximum atomic E-state index is 12.4. The number of thioether (sulfide) groups is 1. The number of nitrogens with one attached hydrogen (secondary N) is 1. The van der Waals surface area contributed by atoms with E-state index in [1.165, 1.54) is 37.4 Å². The SMILES string of the molecule is CCCCCCCc1nnc(SCC(=O)Nc2ccccc2OCC)n1CC.